The highest BCUT2D eigenvalue weighted by atomic mass is 35.5. The summed E-state index contributed by atoms with van der Waals surface area (Å²) in [6.07, 6.45) is 13.4. The van der Waals surface area contributed by atoms with Crippen molar-refractivity contribution in [1.29, 1.82) is 0 Å². The van der Waals surface area contributed by atoms with E-state index < -0.39 is 6.09 Å². The summed E-state index contributed by atoms with van der Waals surface area (Å²) in [7, 11) is 0. The van der Waals surface area contributed by atoms with Crippen molar-refractivity contribution in [3.63, 3.8) is 0 Å². The molecule has 0 aromatic carbocycles. The van der Waals surface area contributed by atoms with Crippen LogP contribution in [0, 0.1) is 0 Å². The maximum absolute atomic E-state index is 10.5. The standard InChI is InChI=1S/C14H28N2O2.C8H17NO.ClH/c1-2-3-5-9-16(10-6-4-7-11-16)12-8-13-18-14(15)17;10-8-4-7-9-5-2-1-3-6-9;/h2-13H2,1H3,(H-,15,17);10H,1-8H2;1H/p+1. The number of hydrogen-bond donors (Lipinski definition) is 2. The Kier molecular flexibility index (Phi) is 17.9. The number of aliphatic hydroxyl groups excluding tert-OH is 1. The van der Waals surface area contributed by atoms with Crippen LogP contribution in [0.2, 0.25) is 0 Å². The number of primary amides is 1. The summed E-state index contributed by atoms with van der Waals surface area (Å²) in [6.45, 7) is 11.7. The third kappa shape index (κ3) is 14.1. The number of aliphatic hydroxyl groups is 1. The van der Waals surface area contributed by atoms with Crippen molar-refractivity contribution in [2.45, 2.75) is 77.6 Å². The van der Waals surface area contributed by atoms with E-state index in [1.165, 1.54) is 95.0 Å². The number of hydrogen-bond acceptors (Lipinski definition) is 4. The fourth-order valence-electron chi connectivity index (χ4n) is 4.49. The Labute approximate surface area is 185 Å². The number of likely N-dealkylation sites (tertiary alicyclic amines) is 2. The first-order chi connectivity index (χ1) is 13.6. The molecule has 0 spiro atoms. The molecule has 7 heteroatoms. The molecule has 0 aromatic heterocycles. The Morgan fingerprint density at radius 3 is 2.17 bits per heavy atom. The van der Waals surface area contributed by atoms with Gasteiger partial charge in [-0.3, -0.25) is 0 Å². The van der Waals surface area contributed by atoms with Gasteiger partial charge in [0.1, 0.15) is 0 Å². The summed E-state index contributed by atoms with van der Waals surface area (Å²) in [5.41, 5.74) is 4.98. The molecule has 3 N–H and O–H groups in total. The number of rotatable bonds is 11. The van der Waals surface area contributed by atoms with Gasteiger partial charge in [-0.05, 0) is 64.5 Å². The lowest BCUT2D eigenvalue weighted by Gasteiger charge is -2.42. The monoisotopic (exact) mass is 436 g/mol. The highest BCUT2D eigenvalue weighted by Gasteiger charge is 2.28. The molecular formula is C22H47ClN3O3+. The van der Waals surface area contributed by atoms with Gasteiger partial charge >= 0.3 is 6.09 Å². The predicted octanol–water partition coefficient (Wildman–Crippen LogP) is 3.94. The van der Waals surface area contributed by atoms with Gasteiger partial charge in [0.05, 0.1) is 32.8 Å². The van der Waals surface area contributed by atoms with Gasteiger partial charge in [-0.15, -0.1) is 12.4 Å². The zero-order valence-electron chi connectivity index (χ0n) is 18.8. The lowest BCUT2D eigenvalue weighted by molar-refractivity contribution is -0.932. The average Bonchev–Trinajstić information content (AvgIpc) is 2.72. The fourth-order valence-corrected chi connectivity index (χ4v) is 4.49. The Morgan fingerprint density at radius 2 is 1.59 bits per heavy atom. The zero-order valence-corrected chi connectivity index (χ0v) is 19.6. The molecule has 1 amide bonds. The first-order valence-electron chi connectivity index (χ1n) is 11.7. The number of unbranched alkanes of at least 4 members (excludes halogenated alkanes) is 2. The fraction of sp³-hybridized carbons (Fsp3) is 0.955. The smallest absolute Gasteiger partial charge is 0.404 e. The SMILES string of the molecule is CCCCC[N+]1(CCCOC(N)=O)CCCCC1.Cl.OCCCN1CCCCC1. The third-order valence-electron chi connectivity index (χ3n) is 6.10. The van der Waals surface area contributed by atoms with Crippen LogP contribution < -0.4 is 5.73 Å². The third-order valence-corrected chi connectivity index (χ3v) is 6.10. The minimum Gasteiger partial charge on any atom is -0.449 e. The molecule has 0 radical (unpaired) electrons. The first kappa shape index (κ1) is 28.4. The predicted molar refractivity (Wildman–Crippen MR) is 122 cm³/mol. The van der Waals surface area contributed by atoms with E-state index in [-0.39, 0.29) is 12.4 Å². The second-order valence-corrected chi connectivity index (χ2v) is 8.50. The molecule has 0 aliphatic carbocycles. The Balaban J connectivity index is 0.000000606. The summed E-state index contributed by atoms with van der Waals surface area (Å²) >= 11 is 0. The zero-order chi connectivity index (χ0) is 20.5. The van der Waals surface area contributed by atoms with Crippen LogP contribution in [0.4, 0.5) is 4.79 Å². The van der Waals surface area contributed by atoms with Crippen molar-refractivity contribution < 1.29 is 19.1 Å². The van der Waals surface area contributed by atoms with Crippen LogP contribution in [-0.2, 0) is 4.74 Å². The maximum Gasteiger partial charge on any atom is 0.404 e. The maximum atomic E-state index is 10.5. The molecule has 0 saturated carbocycles. The molecule has 6 nitrogen and oxygen atoms in total. The molecular weight excluding hydrogens is 390 g/mol. The lowest BCUT2D eigenvalue weighted by Crippen LogP contribution is -2.52. The largest absolute Gasteiger partial charge is 0.449 e. The van der Waals surface area contributed by atoms with E-state index in [0.29, 0.717) is 13.2 Å². The number of carbonyl (C=O) groups is 1. The van der Waals surface area contributed by atoms with Crippen LogP contribution >= 0.6 is 12.4 Å². The molecule has 174 valence electrons. The van der Waals surface area contributed by atoms with E-state index >= 15 is 0 Å². The van der Waals surface area contributed by atoms with Gasteiger partial charge in [0.25, 0.3) is 0 Å². The summed E-state index contributed by atoms with van der Waals surface area (Å²) in [6, 6.07) is 0. The van der Waals surface area contributed by atoms with Gasteiger partial charge in [-0.25, -0.2) is 4.79 Å². The van der Waals surface area contributed by atoms with Gasteiger partial charge in [0.15, 0.2) is 0 Å². The number of halogens is 1. The number of ether oxygens (including phenoxy) is 1. The van der Waals surface area contributed by atoms with Crippen LogP contribution in [0.5, 0.6) is 0 Å². The molecule has 2 rings (SSSR count). The summed E-state index contributed by atoms with van der Waals surface area (Å²) in [5.74, 6) is 0. The number of piperidine rings is 2. The average molecular weight is 437 g/mol. The normalized spacial score (nSPS) is 18.8. The molecule has 2 aliphatic heterocycles. The number of nitrogens with two attached hydrogens (primary N) is 1. The molecule has 2 saturated heterocycles. The second-order valence-electron chi connectivity index (χ2n) is 8.50. The van der Waals surface area contributed by atoms with E-state index in [4.69, 9.17) is 15.6 Å². The summed E-state index contributed by atoms with van der Waals surface area (Å²) in [4.78, 5) is 13.0. The summed E-state index contributed by atoms with van der Waals surface area (Å²) < 4.78 is 6.07. The van der Waals surface area contributed by atoms with Crippen molar-refractivity contribution >= 4 is 18.5 Å². The van der Waals surface area contributed by atoms with Crippen molar-refractivity contribution in [1.82, 2.24) is 4.90 Å². The molecule has 29 heavy (non-hydrogen) atoms. The van der Waals surface area contributed by atoms with Crippen molar-refractivity contribution in [3.05, 3.63) is 0 Å². The van der Waals surface area contributed by atoms with E-state index in [2.05, 4.69) is 11.8 Å². The van der Waals surface area contributed by atoms with Gasteiger partial charge < -0.3 is 25.0 Å². The molecule has 2 aliphatic rings. The lowest BCUT2D eigenvalue weighted by atomic mass is 10.1. The van der Waals surface area contributed by atoms with Crippen molar-refractivity contribution in [3.8, 4) is 0 Å². The summed E-state index contributed by atoms with van der Waals surface area (Å²) in [5, 5.41) is 8.57. The topological polar surface area (TPSA) is 75.8 Å². The van der Waals surface area contributed by atoms with Gasteiger partial charge in [-0.1, -0.05) is 19.8 Å². The van der Waals surface area contributed by atoms with Crippen molar-refractivity contribution in [2.75, 3.05) is 59.0 Å². The quantitative estimate of drug-likeness (QED) is 0.380. The molecule has 2 fully saturated rings. The number of carbonyl (C=O) groups excluding carboxylic acids is 1. The van der Waals surface area contributed by atoms with Gasteiger partial charge in [0.2, 0.25) is 0 Å². The highest BCUT2D eigenvalue weighted by molar-refractivity contribution is 5.85. The van der Waals surface area contributed by atoms with E-state index in [1.54, 1.807) is 0 Å². The van der Waals surface area contributed by atoms with Crippen LogP contribution in [0.15, 0.2) is 0 Å². The van der Waals surface area contributed by atoms with E-state index in [9.17, 15) is 4.79 Å². The van der Waals surface area contributed by atoms with E-state index in [0.717, 1.165) is 25.9 Å². The Hall–Kier alpha value is -0.560. The molecule has 0 aromatic rings. The van der Waals surface area contributed by atoms with Gasteiger partial charge in [0, 0.05) is 19.6 Å². The number of amides is 1. The first-order valence-corrected chi connectivity index (χ1v) is 11.7. The van der Waals surface area contributed by atoms with Crippen LogP contribution in [0.3, 0.4) is 0 Å². The van der Waals surface area contributed by atoms with Crippen LogP contribution in [0.25, 0.3) is 0 Å². The Bertz CT molecular complexity index is 387. The second kappa shape index (κ2) is 18.2. The van der Waals surface area contributed by atoms with Crippen LogP contribution in [0.1, 0.15) is 77.6 Å². The minimum atomic E-state index is -0.647. The van der Waals surface area contributed by atoms with Crippen molar-refractivity contribution in [2.24, 2.45) is 5.73 Å². The van der Waals surface area contributed by atoms with Gasteiger partial charge in [-0.2, -0.15) is 0 Å². The number of nitrogens with zero attached hydrogens (tertiary/aromatic N) is 2. The number of quaternary nitrogens is 1. The minimum absolute atomic E-state index is 0. The molecule has 2 heterocycles. The van der Waals surface area contributed by atoms with E-state index in [1.807, 2.05) is 0 Å². The highest BCUT2D eigenvalue weighted by Crippen LogP contribution is 2.21. The molecule has 0 bridgehead atoms. The Morgan fingerprint density at radius 1 is 0.966 bits per heavy atom. The molecule has 0 unspecified atom stereocenters. The van der Waals surface area contributed by atoms with Crippen LogP contribution in [-0.4, -0.2) is 79.6 Å². The molecule has 0 atom stereocenters.